The van der Waals surface area contributed by atoms with Gasteiger partial charge in [-0.1, -0.05) is 0 Å². The van der Waals surface area contributed by atoms with Crippen LogP contribution in [-0.2, 0) is 23.1 Å². The van der Waals surface area contributed by atoms with Gasteiger partial charge in [0, 0.05) is 6.35 Å². The van der Waals surface area contributed by atoms with E-state index in [2.05, 4.69) is 26.8 Å². The highest BCUT2D eigenvalue weighted by molar-refractivity contribution is 8.07. The normalized spacial score (nSPS) is 13.8. The van der Waals surface area contributed by atoms with E-state index in [1.165, 1.54) is 6.33 Å². The fourth-order valence-electron chi connectivity index (χ4n) is 1.58. The Kier molecular flexibility index (Phi) is 4.12. The Morgan fingerprint density at radius 2 is 2.21 bits per heavy atom. The van der Waals surface area contributed by atoms with Gasteiger partial charge in [-0.05, 0) is 6.92 Å². The van der Waals surface area contributed by atoms with E-state index in [1.807, 2.05) is 0 Å². The molecule has 0 amide bonds. The summed E-state index contributed by atoms with van der Waals surface area (Å²) in [6.45, 7) is -1.70. The van der Waals surface area contributed by atoms with Crippen LogP contribution in [0.5, 0.6) is 0 Å². The second-order valence-electron chi connectivity index (χ2n) is 4.05. The van der Waals surface area contributed by atoms with E-state index in [0.717, 1.165) is 0 Å². The zero-order valence-electron chi connectivity index (χ0n) is 10.1. The molecule has 0 bridgehead atoms. The van der Waals surface area contributed by atoms with Crippen molar-refractivity contribution < 1.29 is 14.5 Å². The topological polar surface area (TPSA) is 125 Å². The minimum Gasteiger partial charge on any atom is -0.831 e. The average Bonchev–Trinajstić information content (AvgIpc) is 2.71. The van der Waals surface area contributed by atoms with Crippen molar-refractivity contribution in [1.29, 1.82) is 0 Å². The van der Waals surface area contributed by atoms with E-state index in [-0.39, 0.29) is 6.10 Å². The first-order valence-corrected chi connectivity index (χ1v) is 8.23. The van der Waals surface area contributed by atoms with Crippen LogP contribution in [0.1, 0.15) is 6.92 Å². The van der Waals surface area contributed by atoms with Gasteiger partial charge in [0.2, 0.25) is 0 Å². The summed E-state index contributed by atoms with van der Waals surface area (Å²) < 4.78 is 6.88. The lowest BCUT2D eigenvalue weighted by Crippen LogP contribution is -2.23. The molecule has 19 heavy (non-hydrogen) atoms. The molecule has 0 unspecified atom stereocenters. The number of fused-ring (bicyclic) bond motifs is 1. The van der Waals surface area contributed by atoms with Crippen LogP contribution in [0.4, 0.5) is 5.82 Å². The third-order valence-corrected chi connectivity index (χ3v) is 3.18. The van der Waals surface area contributed by atoms with Gasteiger partial charge in [-0.3, -0.25) is 0 Å². The van der Waals surface area contributed by atoms with Gasteiger partial charge in [-0.15, -0.1) is 11.8 Å². The lowest BCUT2D eigenvalue weighted by atomic mass is 10.4. The van der Waals surface area contributed by atoms with Crippen molar-refractivity contribution in [1.82, 2.24) is 19.5 Å². The lowest BCUT2D eigenvalue weighted by Gasteiger charge is -2.35. The Hall–Kier alpha value is -1.12. The van der Waals surface area contributed by atoms with Crippen molar-refractivity contribution in [3.63, 3.8) is 0 Å². The third kappa shape index (κ3) is 3.68. The molecule has 0 aliphatic heterocycles. The highest BCUT2D eigenvalue weighted by Gasteiger charge is 2.10. The number of hydrogen-bond acceptors (Lipinski definition) is 8. The minimum absolute atomic E-state index is 0.298. The molecule has 0 radical (unpaired) electrons. The van der Waals surface area contributed by atoms with E-state index in [1.54, 1.807) is 17.8 Å². The number of aromatic nitrogens is 4. The van der Waals surface area contributed by atoms with Crippen LogP contribution in [0, 0.1) is 0 Å². The summed E-state index contributed by atoms with van der Waals surface area (Å²) in [4.78, 5) is 33.7. The second-order valence-corrected chi connectivity index (χ2v) is 7.19. The number of nitrogens with zero attached hydrogens (tertiary/aromatic N) is 4. The van der Waals surface area contributed by atoms with Gasteiger partial charge in [0.25, 0.3) is 0 Å². The fraction of sp³-hybridized carbons (Fsp3) is 0.444. The third-order valence-electron chi connectivity index (χ3n) is 2.40. The fourth-order valence-corrected chi connectivity index (χ4v) is 2.20. The van der Waals surface area contributed by atoms with Gasteiger partial charge in [0.05, 0.1) is 19.0 Å². The Labute approximate surface area is 114 Å². The van der Waals surface area contributed by atoms with E-state index >= 15 is 0 Å². The Balaban J connectivity index is 2.09. The van der Waals surface area contributed by atoms with Crippen molar-refractivity contribution in [3.05, 3.63) is 12.7 Å². The average molecular weight is 301 g/mol. The minimum atomic E-state index is -3.82. The van der Waals surface area contributed by atoms with Gasteiger partial charge in [-0.25, -0.2) is 15.0 Å². The van der Waals surface area contributed by atoms with Crippen molar-refractivity contribution in [3.8, 4) is 0 Å². The van der Waals surface area contributed by atoms with Crippen LogP contribution >= 0.6 is 6.49 Å². The molecule has 0 saturated carbocycles. The van der Waals surface area contributed by atoms with Crippen LogP contribution in [-0.4, -0.2) is 32.0 Å². The predicted molar refractivity (Wildman–Crippen MR) is 69.4 cm³/mol. The van der Waals surface area contributed by atoms with Crippen LogP contribution < -0.4 is 15.5 Å². The number of rotatable bonds is 5. The number of ether oxygens (including phenoxy) is 1. The molecule has 10 heteroatoms. The van der Waals surface area contributed by atoms with E-state index in [4.69, 9.17) is 10.5 Å². The maximum absolute atomic E-state index is 10.9. The molecule has 2 aromatic heterocycles. The van der Waals surface area contributed by atoms with Gasteiger partial charge < -0.3 is 24.8 Å². The SMILES string of the molecule is C[C@H](Cn1cnc2c(N)ncnc21)OCP([O-])([O-])=S. The van der Waals surface area contributed by atoms with Crippen molar-refractivity contribution in [2.75, 3.05) is 12.1 Å². The molecule has 0 fully saturated rings. The molecule has 0 aliphatic carbocycles. The molecule has 2 heterocycles. The van der Waals surface area contributed by atoms with Gasteiger partial charge in [0.15, 0.2) is 11.5 Å². The molecular formula is C9H12N5O3PS-2. The maximum atomic E-state index is 10.9. The molecule has 2 aromatic rings. The smallest absolute Gasteiger partial charge is 0.165 e. The molecule has 0 saturated heterocycles. The summed E-state index contributed by atoms with van der Waals surface area (Å²) in [5.74, 6) is 0.298. The summed E-state index contributed by atoms with van der Waals surface area (Å²) in [5, 5.41) is 0. The number of nitrogens with two attached hydrogens (primary N) is 1. The number of hydrogen-bond donors (Lipinski definition) is 1. The molecule has 0 aliphatic rings. The van der Waals surface area contributed by atoms with E-state index < -0.39 is 12.8 Å². The number of anilines is 1. The quantitative estimate of drug-likeness (QED) is 0.683. The molecular weight excluding hydrogens is 289 g/mol. The summed E-state index contributed by atoms with van der Waals surface area (Å²) in [6, 6.07) is 0. The first kappa shape index (κ1) is 14.3. The molecule has 104 valence electrons. The molecule has 1 atom stereocenters. The van der Waals surface area contributed by atoms with Crippen molar-refractivity contribution >= 4 is 35.3 Å². The van der Waals surface area contributed by atoms with Crippen LogP contribution in [0.3, 0.4) is 0 Å². The maximum Gasteiger partial charge on any atom is 0.165 e. The first-order chi connectivity index (χ1) is 8.87. The molecule has 2 N–H and O–H groups in total. The highest BCUT2D eigenvalue weighted by atomic mass is 32.5. The van der Waals surface area contributed by atoms with Gasteiger partial charge in [-0.2, -0.15) is 6.49 Å². The standard InChI is InChI=1S/C9H14N5O3PS/c1-6(17-5-18(15,16)19)2-14-4-13-7-8(10)11-3-12-9(7)14/h3-4,6H,2,5H2,1H3,(H2,10,11,12)(H2,15,16,19)/p-2/t6-/m1/s1. The second kappa shape index (κ2) is 5.48. The Morgan fingerprint density at radius 1 is 1.47 bits per heavy atom. The molecule has 0 spiro atoms. The van der Waals surface area contributed by atoms with Crippen LogP contribution in [0.15, 0.2) is 12.7 Å². The number of imidazole rings is 1. The summed E-state index contributed by atoms with van der Waals surface area (Å²) in [5.41, 5.74) is 6.75. The van der Waals surface area contributed by atoms with Crippen LogP contribution in [0.2, 0.25) is 0 Å². The summed E-state index contributed by atoms with van der Waals surface area (Å²) in [6.07, 6.45) is 2.09. The Bertz CT molecular complexity index is 627. The highest BCUT2D eigenvalue weighted by Crippen LogP contribution is 2.24. The zero-order chi connectivity index (χ0) is 14.0. The monoisotopic (exact) mass is 301 g/mol. The first-order valence-electron chi connectivity index (χ1n) is 5.41. The van der Waals surface area contributed by atoms with Gasteiger partial charge in [0.1, 0.15) is 11.8 Å². The van der Waals surface area contributed by atoms with E-state index in [0.29, 0.717) is 23.5 Å². The molecule has 0 aromatic carbocycles. The van der Waals surface area contributed by atoms with Crippen molar-refractivity contribution in [2.24, 2.45) is 0 Å². The zero-order valence-corrected chi connectivity index (χ0v) is 11.8. The van der Waals surface area contributed by atoms with Gasteiger partial charge >= 0.3 is 0 Å². The lowest BCUT2D eigenvalue weighted by molar-refractivity contribution is -0.300. The largest absolute Gasteiger partial charge is 0.831 e. The predicted octanol–water partition coefficient (Wildman–Crippen LogP) is -1.20. The van der Waals surface area contributed by atoms with Crippen LogP contribution in [0.25, 0.3) is 11.2 Å². The summed E-state index contributed by atoms with van der Waals surface area (Å²) >= 11 is 4.26. The van der Waals surface area contributed by atoms with E-state index in [9.17, 15) is 9.79 Å². The molecule has 2 rings (SSSR count). The van der Waals surface area contributed by atoms with Crippen molar-refractivity contribution in [2.45, 2.75) is 19.6 Å². The summed E-state index contributed by atoms with van der Waals surface area (Å²) in [7, 11) is 0. The number of nitrogen functional groups attached to an aromatic ring is 1. The molecule has 8 nitrogen and oxygen atoms in total. The Morgan fingerprint density at radius 3 is 2.89 bits per heavy atom.